The van der Waals surface area contributed by atoms with Gasteiger partial charge in [-0.3, -0.25) is 4.79 Å². The Morgan fingerprint density at radius 3 is 2.79 bits per heavy atom. The molecule has 2 atom stereocenters. The van der Waals surface area contributed by atoms with Gasteiger partial charge in [0, 0.05) is 19.6 Å². The highest BCUT2D eigenvalue weighted by Crippen LogP contribution is 2.14. The Kier molecular flexibility index (Phi) is 7.25. The first-order valence-corrected chi connectivity index (χ1v) is 6.95. The molecule has 1 heterocycles. The summed E-state index contributed by atoms with van der Waals surface area (Å²) < 4.78 is 5.17. The molecular weight excluding hydrogens is 248 g/mol. The minimum absolute atomic E-state index is 0.119. The molecule has 110 valence electrons. The maximum Gasteiger partial charge on any atom is 0.315 e. The van der Waals surface area contributed by atoms with Crippen LogP contribution in [0.15, 0.2) is 0 Å². The molecule has 2 unspecified atom stereocenters. The van der Waals surface area contributed by atoms with Crippen molar-refractivity contribution in [2.75, 3.05) is 19.8 Å². The van der Waals surface area contributed by atoms with Crippen molar-refractivity contribution in [2.45, 2.75) is 45.1 Å². The van der Waals surface area contributed by atoms with Crippen LogP contribution in [0.1, 0.15) is 39.0 Å². The number of aliphatic carboxylic acids is 1. The fraction of sp³-hybridized carbons (Fsp3) is 0.846. The maximum absolute atomic E-state index is 11.6. The summed E-state index contributed by atoms with van der Waals surface area (Å²) in [5.41, 5.74) is 0. The third-order valence-corrected chi connectivity index (χ3v) is 3.45. The Morgan fingerprint density at radius 1 is 1.42 bits per heavy atom. The molecule has 0 radical (unpaired) electrons. The van der Waals surface area contributed by atoms with Gasteiger partial charge in [0.15, 0.2) is 0 Å². The maximum atomic E-state index is 11.6. The molecule has 0 aromatic carbocycles. The summed E-state index contributed by atoms with van der Waals surface area (Å²) in [5.74, 6) is -0.406. The first-order chi connectivity index (χ1) is 9.11. The Morgan fingerprint density at radius 2 is 2.21 bits per heavy atom. The molecule has 0 bridgehead atoms. The molecule has 6 heteroatoms. The van der Waals surface area contributed by atoms with Gasteiger partial charge in [-0.2, -0.15) is 0 Å². The summed E-state index contributed by atoms with van der Waals surface area (Å²) >= 11 is 0. The van der Waals surface area contributed by atoms with Gasteiger partial charge in [-0.25, -0.2) is 4.79 Å². The van der Waals surface area contributed by atoms with E-state index < -0.39 is 5.97 Å². The highest BCUT2D eigenvalue weighted by atomic mass is 16.5. The summed E-state index contributed by atoms with van der Waals surface area (Å²) in [5, 5.41) is 14.3. The van der Waals surface area contributed by atoms with Crippen LogP contribution in [-0.4, -0.2) is 42.9 Å². The molecule has 0 saturated carbocycles. The summed E-state index contributed by atoms with van der Waals surface area (Å²) in [4.78, 5) is 22.1. The van der Waals surface area contributed by atoms with Crippen LogP contribution in [0.4, 0.5) is 4.79 Å². The lowest BCUT2D eigenvalue weighted by atomic mass is 9.97. The zero-order valence-corrected chi connectivity index (χ0v) is 11.5. The molecular formula is C13H24N2O4. The minimum atomic E-state index is -0.759. The number of carbonyl (C=O) groups is 2. The molecule has 3 N–H and O–H groups in total. The van der Waals surface area contributed by atoms with Crippen LogP contribution in [-0.2, 0) is 9.53 Å². The Balaban J connectivity index is 2.09. The Hall–Kier alpha value is -1.30. The van der Waals surface area contributed by atoms with Gasteiger partial charge in [0.1, 0.15) is 0 Å². The molecule has 0 aliphatic carbocycles. The van der Waals surface area contributed by atoms with Crippen molar-refractivity contribution in [3.05, 3.63) is 0 Å². The molecule has 19 heavy (non-hydrogen) atoms. The van der Waals surface area contributed by atoms with E-state index in [9.17, 15) is 9.59 Å². The minimum Gasteiger partial charge on any atom is -0.481 e. The molecule has 1 rings (SSSR count). The number of amides is 2. The highest BCUT2D eigenvalue weighted by molar-refractivity contribution is 5.74. The third-order valence-electron chi connectivity index (χ3n) is 3.45. The fourth-order valence-electron chi connectivity index (χ4n) is 2.15. The van der Waals surface area contributed by atoms with Crippen LogP contribution < -0.4 is 10.6 Å². The van der Waals surface area contributed by atoms with E-state index >= 15 is 0 Å². The molecule has 1 aliphatic rings. The number of hydrogen-bond donors (Lipinski definition) is 3. The molecule has 0 aromatic heterocycles. The quantitative estimate of drug-likeness (QED) is 0.622. The van der Waals surface area contributed by atoms with Crippen LogP contribution >= 0.6 is 0 Å². The van der Waals surface area contributed by atoms with E-state index in [4.69, 9.17) is 9.84 Å². The van der Waals surface area contributed by atoms with E-state index in [0.29, 0.717) is 32.1 Å². The van der Waals surface area contributed by atoms with Gasteiger partial charge in [0.25, 0.3) is 0 Å². The second kappa shape index (κ2) is 8.74. The largest absolute Gasteiger partial charge is 0.481 e. The molecule has 1 aliphatic heterocycles. The number of hydrogen-bond acceptors (Lipinski definition) is 3. The average molecular weight is 272 g/mol. The first kappa shape index (κ1) is 15.8. The van der Waals surface area contributed by atoms with Gasteiger partial charge in [-0.05, 0) is 25.2 Å². The molecule has 2 amide bonds. The molecule has 1 saturated heterocycles. The van der Waals surface area contributed by atoms with Crippen molar-refractivity contribution in [1.82, 2.24) is 10.6 Å². The number of carbonyl (C=O) groups excluding carboxylic acids is 1. The summed E-state index contributed by atoms with van der Waals surface area (Å²) in [6.45, 7) is 3.92. The van der Waals surface area contributed by atoms with Crippen LogP contribution in [0.25, 0.3) is 0 Å². The molecule has 1 fully saturated rings. The number of carboxylic acids is 1. The van der Waals surface area contributed by atoms with Gasteiger partial charge >= 0.3 is 12.0 Å². The van der Waals surface area contributed by atoms with E-state index in [1.807, 2.05) is 6.92 Å². The van der Waals surface area contributed by atoms with Crippen molar-refractivity contribution >= 4 is 12.0 Å². The summed E-state index contributed by atoms with van der Waals surface area (Å²) in [7, 11) is 0. The van der Waals surface area contributed by atoms with Gasteiger partial charge in [-0.1, -0.05) is 13.3 Å². The van der Waals surface area contributed by atoms with E-state index in [1.165, 1.54) is 0 Å². The van der Waals surface area contributed by atoms with E-state index in [2.05, 4.69) is 10.6 Å². The van der Waals surface area contributed by atoms with Crippen molar-refractivity contribution < 1.29 is 19.4 Å². The number of carboxylic acid groups (broad SMARTS) is 1. The highest BCUT2D eigenvalue weighted by Gasteiger charge is 2.17. The topological polar surface area (TPSA) is 87.7 Å². The molecule has 6 nitrogen and oxygen atoms in total. The normalized spacial score (nSPS) is 19.9. The molecule has 0 aromatic rings. The predicted octanol–water partition coefficient (Wildman–Crippen LogP) is 1.36. The number of urea groups is 1. The Bertz CT molecular complexity index is 290. The van der Waals surface area contributed by atoms with E-state index in [-0.39, 0.29) is 18.5 Å². The van der Waals surface area contributed by atoms with Crippen molar-refractivity contribution in [3.63, 3.8) is 0 Å². The average Bonchev–Trinajstić information content (AvgIpc) is 2.86. The van der Waals surface area contributed by atoms with Gasteiger partial charge in [0.05, 0.1) is 12.6 Å². The summed E-state index contributed by atoms with van der Waals surface area (Å²) in [6, 6.07) is -0.0439. The first-order valence-electron chi connectivity index (χ1n) is 6.95. The predicted molar refractivity (Wildman–Crippen MR) is 71.0 cm³/mol. The zero-order valence-electron chi connectivity index (χ0n) is 11.5. The van der Waals surface area contributed by atoms with Crippen LogP contribution in [0.5, 0.6) is 0 Å². The Labute approximate surface area is 113 Å². The van der Waals surface area contributed by atoms with E-state index in [0.717, 1.165) is 19.3 Å². The lowest BCUT2D eigenvalue weighted by Gasteiger charge is -2.15. The number of nitrogens with one attached hydrogen (secondary N) is 2. The SMILES string of the molecule is CCC(CCNC(=O)NC1CCOC1)CCC(=O)O. The lowest BCUT2D eigenvalue weighted by Crippen LogP contribution is -2.42. The van der Waals surface area contributed by atoms with Crippen molar-refractivity contribution in [2.24, 2.45) is 5.92 Å². The van der Waals surface area contributed by atoms with Crippen LogP contribution in [0.2, 0.25) is 0 Å². The van der Waals surface area contributed by atoms with Gasteiger partial charge in [-0.15, -0.1) is 0 Å². The van der Waals surface area contributed by atoms with E-state index in [1.54, 1.807) is 0 Å². The number of ether oxygens (including phenoxy) is 1. The third kappa shape index (κ3) is 7.00. The second-order valence-corrected chi connectivity index (χ2v) is 4.96. The fourth-order valence-corrected chi connectivity index (χ4v) is 2.15. The molecule has 0 spiro atoms. The van der Waals surface area contributed by atoms with Crippen LogP contribution in [0.3, 0.4) is 0 Å². The van der Waals surface area contributed by atoms with Crippen LogP contribution in [0, 0.1) is 5.92 Å². The van der Waals surface area contributed by atoms with Gasteiger partial charge in [0.2, 0.25) is 0 Å². The van der Waals surface area contributed by atoms with Crippen molar-refractivity contribution in [1.29, 1.82) is 0 Å². The zero-order chi connectivity index (χ0) is 14.1. The monoisotopic (exact) mass is 272 g/mol. The standard InChI is InChI=1S/C13H24N2O4/c1-2-10(3-4-12(16)17)5-7-14-13(18)15-11-6-8-19-9-11/h10-11H,2-9H2,1H3,(H,16,17)(H2,14,15,18). The number of rotatable bonds is 8. The van der Waals surface area contributed by atoms with Crippen molar-refractivity contribution in [3.8, 4) is 0 Å². The summed E-state index contributed by atoms with van der Waals surface area (Å²) in [6.07, 6.45) is 3.49. The lowest BCUT2D eigenvalue weighted by molar-refractivity contribution is -0.137. The second-order valence-electron chi connectivity index (χ2n) is 4.96. The van der Waals surface area contributed by atoms with Gasteiger partial charge < -0.3 is 20.5 Å². The smallest absolute Gasteiger partial charge is 0.315 e.